The average Bonchev–Trinajstić information content (AvgIpc) is 2.63. The Morgan fingerprint density at radius 3 is 2.44 bits per heavy atom. The Balaban J connectivity index is 2.04. The van der Waals surface area contributed by atoms with Crippen molar-refractivity contribution < 1.29 is 14.9 Å². The van der Waals surface area contributed by atoms with E-state index >= 15 is 0 Å². The van der Waals surface area contributed by atoms with Crippen LogP contribution in [0.5, 0.6) is 5.75 Å². The number of benzene rings is 2. The Morgan fingerprint density at radius 2 is 1.84 bits per heavy atom. The van der Waals surface area contributed by atoms with E-state index in [2.05, 4.69) is 11.4 Å². The molecule has 0 spiro atoms. The second kappa shape index (κ2) is 10.2. The summed E-state index contributed by atoms with van der Waals surface area (Å²) in [6.45, 7) is 3.81. The van der Waals surface area contributed by atoms with Gasteiger partial charge >= 0.3 is 0 Å². The fraction of sp³-hybridized carbons (Fsp3) is 0.400. The van der Waals surface area contributed by atoms with Gasteiger partial charge in [0.1, 0.15) is 5.75 Å². The number of ether oxygens (including phenoxy) is 1. The summed E-state index contributed by atoms with van der Waals surface area (Å²) >= 11 is 0. The molecule has 0 fully saturated rings. The van der Waals surface area contributed by atoms with Crippen molar-refractivity contribution in [3.05, 3.63) is 65.2 Å². The van der Waals surface area contributed by atoms with Gasteiger partial charge in [-0.2, -0.15) is 0 Å². The molecule has 0 heterocycles. The quantitative estimate of drug-likeness (QED) is 0.575. The van der Waals surface area contributed by atoms with E-state index in [0.29, 0.717) is 19.6 Å². The molecular weight excluding hydrogens is 316 g/mol. The first kappa shape index (κ1) is 19.4. The normalized spacial score (nSPS) is 12.4. The molecule has 0 amide bonds. The predicted molar refractivity (Wildman–Crippen MR) is 99.4 cm³/mol. The molecule has 0 aromatic heterocycles. The number of rotatable bonds is 10. The average molecular weight is 344 g/mol. The molecule has 1 atom stereocenters. The SMILES string of the molecule is COc1ccc(CN(CCO)C(CO)NCc2ccccc2)cc1C. The molecule has 0 aliphatic heterocycles. The maximum Gasteiger partial charge on any atom is 0.121 e. The van der Waals surface area contributed by atoms with Crippen LogP contribution < -0.4 is 10.1 Å². The highest BCUT2D eigenvalue weighted by Gasteiger charge is 2.17. The summed E-state index contributed by atoms with van der Waals surface area (Å²) in [5.41, 5.74) is 3.35. The highest BCUT2D eigenvalue weighted by molar-refractivity contribution is 5.36. The molecule has 0 saturated carbocycles. The number of nitrogens with zero attached hydrogens (tertiary/aromatic N) is 1. The van der Waals surface area contributed by atoms with Gasteiger partial charge in [0.05, 0.1) is 26.5 Å². The zero-order chi connectivity index (χ0) is 18.1. The van der Waals surface area contributed by atoms with Gasteiger partial charge in [-0.15, -0.1) is 0 Å². The van der Waals surface area contributed by atoms with Crippen LogP contribution in [0.15, 0.2) is 48.5 Å². The zero-order valence-electron chi connectivity index (χ0n) is 15.0. The molecule has 0 radical (unpaired) electrons. The van der Waals surface area contributed by atoms with E-state index in [1.807, 2.05) is 54.3 Å². The smallest absolute Gasteiger partial charge is 0.121 e. The Morgan fingerprint density at radius 1 is 1.08 bits per heavy atom. The highest BCUT2D eigenvalue weighted by Crippen LogP contribution is 2.20. The minimum Gasteiger partial charge on any atom is -0.496 e. The lowest BCUT2D eigenvalue weighted by Crippen LogP contribution is -2.48. The Labute approximate surface area is 149 Å². The first-order chi connectivity index (χ1) is 12.2. The van der Waals surface area contributed by atoms with E-state index in [0.717, 1.165) is 22.4 Å². The van der Waals surface area contributed by atoms with Crippen molar-refractivity contribution in [2.45, 2.75) is 26.2 Å². The monoisotopic (exact) mass is 344 g/mol. The van der Waals surface area contributed by atoms with Gasteiger partial charge in [0.15, 0.2) is 0 Å². The van der Waals surface area contributed by atoms with Gasteiger partial charge in [-0.3, -0.25) is 10.2 Å². The molecule has 136 valence electrons. The van der Waals surface area contributed by atoms with Crippen molar-refractivity contribution in [2.75, 3.05) is 26.9 Å². The molecule has 2 aromatic carbocycles. The van der Waals surface area contributed by atoms with E-state index in [-0.39, 0.29) is 19.4 Å². The van der Waals surface area contributed by atoms with Crippen molar-refractivity contribution in [1.29, 1.82) is 0 Å². The number of methoxy groups -OCH3 is 1. The fourth-order valence-corrected chi connectivity index (χ4v) is 2.89. The Kier molecular flexibility index (Phi) is 7.88. The number of hydrogen-bond acceptors (Lipinski definition) is 5. The minimum absolute atomic E-state index is 0.0258. The molecular formula is C20H28N2O3. The zero-order valence-corrected chi connectivity index (χ0v) is 15.0. The third kappa shape index (κ3) is 5.83. The molecule has 1 unspecified atom stereocenters. The molecule has 5 nitrogen and oxygen atoms in total. The lowest BCUT2D eigenvalue weighted by Gasteiger charge is -2.31. The van der Waals surface area contributed by atoms with Gasteiger partial charge in [0, 0.05) is 19.6 Å². The number of nitrogens with one attached hydrogen (secondary N) is 1. The second-order valence-corrected chi connectivity index (χ2v) is 6.06. The maximum atomic E-state index is 9.81. The largest absolute Gasteiger partial charge is 0.496 e. The second-order valence-electron chi connectivity index (χ2n) is 6.06. The third-order valence-electron chi connectivity index (χ3n) is 4.23. The summed E-state index contributed by atoms with van der Waals surface area (Å²) in [6.07, 6.45) is -0.227. The van der Waals surface area contributed by atoms with Crippen molar-refractivity contribution in [3.63, 3.8) is 0 Å². The summed E-state index contributed by atoms with van der Waals surface area (Å²) in [5, 5.41) is 22.6. The number of aliphatic hydroxyl groups is 2. The number of hydrogen-bond donors (Lipinski definition) is 3. The summed E-state index contributed by atoms with van der Waals surface area (Å²) in [7, 11) is 1.66. The lowest BCUT2D eigenvalue weighted by atomic mass is 10.1. The third-order valence-corrected chi connectivity index (χ3v) is 4.23. The van der Waals surface area contributed by atoms with E-state index in [1.165, 1.54) is 0 Å². The van der Waals surface area contributed by atoms with Crippen molar-refractivity contribution in [3.8, 4) is 5.75 Å². The summed E-state index contributed by atoms with van der Waals surface area (Å²) in [6, 6.07) is 16.1. The van der Waals surface area contributed by atoms with Crippen LogP contribution in [-0.4, -0.2) is 48.1 Å². The van der Waals surface area contributed by atoms with Gasteiger partial charge in [-0.05, 0) is 29.7 Å². The molecule has 25 heavy (non-hydrogen) atoms. The Hall–Kier alpha value is -1.92. The van der Waals surface area contributed by atoms with Crippen LogP contribution in [-0.2, 0) is 13.1 Å². The molecule has 0 aliphatic carbocycles. The molecule has 5 heteroatoms. The van der Waals surface area contributed by atoms with Crippen LogP contribution in [0.4, 0.5) is 0 Å². The highest BCUT2D eigenvalue weighted by atomic mass is 16.5. The van der Waals surface area contributed by atoms with Crippen molar-refractivity contribution >= 4 is 0 Å². The van der Waals surface area contributed by atoms with Gasteiger partial charge in [-0.25, -0.2) is 0 Å². The van der Waals surface area contributed by atoms with E-state index in [1.54, 1.807) is 7.11 Å². The van der Waals surface area contributed by atoms with E-state index < -0.39 is 0 Å². The lowest BCUT2D eigenvalue weighted by molar-refractivity contribution is 0.0740. The van der Waals surface area contributed by atoms with Crippen LogP contribution in [0.3, 0.4) is 0 Å². The van der Waals surface area contributed by atoms with E-state index in [4.69, 9.17) is 4.74 Å². The van der Waals surface area contributed by atoms with Crippen LogP contribution in [0.1, 0.15) is 16.7 Å². The summed E-state index contributed by atoms with van der Waals surface area (Å²) < 4.78 is 5.30. The van der Waals surface area contributed by atoms with E-state index in [9.17, 15) is 10.2 Å². The minimum atomic E-state index is -0.227. The predicted octanol–water partition coefficient (Wildman–Crippen LogP) is 1.91. The Bertz CT molecular complexity index is 634. The molecule has 0 bridgehead atoms. The first-order valence-corrected chi connectivity index (χ1v) is 8.54. The summed E-state index contributed by atoms with van der Waals surface area (Å²) in [5.74, 6) is 0.860. The van der Waals surface area contributed by atoms with Gasteiger partial charge in [-0.1, -0.05) is 42.5 Å². The number of aryl methyl sites for hydroxylation is 1. The summed E-state index contributed by atoms with van der Waals surface area (Å²) in [4.78, 5) is 2.05. The van der Waals surface area contributed by atoms with Crippen LogP contribution >= 0.6 is 0 Å². The molecule has 2 rings (SSSR count). The molecule has 0 saturated heterocycles. The molecule has 0 aliphatic rings. The van der Waals surface area contributed by atoms with Gasteiger partial charge < -0.3 is 14.9 Å². The van der Waals surface area contributed by atoms with Crippen molar-refractivity contribution in [2.24, 2.45) is 0 Å². The standard InChI is InChI=1S/C20H28N2O3/c1-16-12-18(8-9-19(16)25-2)14-22(10-11-23)20(15-24)21-13-17-6-4-3-5-7-17/h3-9,12,20-21,23-24H,10-11,13-15H2,1-2H3. The van der Waals surface area contributed by atoms with Crippen LogP contribution in [0.2, 0.25) is 0 Å². The van der Waals surface area contributed by atoms with Gasteiger partial charge in [0.2, 0.25) is 0 Å². The van der Waals surface area contributed by atoms with Crippen LogP contribution in [0, 0.1) is 6.92 Å². The fourth-order valence-electron chi connectivity index (χ4n) is 2.89. The molecule has 3 N–H and O–H groups in total. The number of aliphatic hydroxyl groups excluding tert-OH is 2. The maximum absolute atomic E-state index is 9.81. The van der Waals surface area contributed by atoms with Gasteiger partial charge in [0.25, 0.3) is 0 Å². The van der Waals surface area contributed by atoms with Crippen LogP contribution in [0.25, 0.3) is 0 Å². The topological polar surface area (TPSA) is 65.0 Å². The molecule has 2 aromatic rings. The van der Waals surface area contributed by atoms with Crippen molar-refractivity contribution in [1.82, 2.24) is 10.2 Å². The first-order valence-electron chi connectivity index (χ1n) is 8.54.